The van der Waals surface area contributed by atoms with E-state index in [9.17, 15) is 12.6 Å². The molecule has 102 valence electrons. The molecule has 0 spiro atoms. The summed E-state index contributed by atoms with van der Waals surface area (Å²) in [6, 6.07) is 4.60. The second kappa shape index (κ2) is 6.17. The van der Waals surface area contributed by atoms with Gasteiger partial charge in [-0.15, -0.1) is 0 Å². The van der Waals surface area contributed by atoms with Crippen molar-refractivity contribution in [3.63, 3.8) is 0 Å². The molecule has 0 heterocycles. The van der Waals surface area contributed by atoms with Gasteiger partial charge in [-0.3, -0.25) is 4.21 Å². The molecule has 0 saturated carbocycles. The standard InChI is InChI=1S/C10H17N3O3S2/c1-17(14)7-3-6-13-8-4-2-5-9(10(8)11)18(12,15)16/h2,4-5,13H,3,6-7,11H2,1H3,(H2,12,15,16). The smallest absolute Gasteiger partial charge is 0.240 e. The molecule has 0 radical (unpaired) electrons. The van der Waals surface area contributed by atoms with Gasteiger partial charge in [0, 0.05) is 29.4 Å². The largest absolute Gasteiger partial charge is 0.396 e. The molecule has 0 aromatic heterocycles. The lowest BCUT2D eigenvalue weighted by Gasteiger charge is -2.11. The molecule has 1 aromatic carbocycles. The molecule has 1 atom stereocenters. The summed E-state index contributed by atoms with van der Waals surface area (Å²) in [5, 5.41) is 8.05. The summed E-state index contributed by atoms with van der Waals surface area (Å²) >= 11 is 0. The maximum absolute atomic E-state index is 11.3. The number of hydrogen-bond donors (Lipinski definition) is 3. The molecule has 18 heavy (non-hydrogen) atoms. The van der Waals surface area contributed by atoms with Gasteiger partial charge in [0.15, 0.2) is 0 Å². The molecule has 0 amide bonds. The highest BCUT2D eigenvalue weighted by Gasteiger charge is 2.14. The Bertz CT molecular complexity index is 543. The van der Waals surface area contributed by atoms with Gasteiger partial charge in [-0.2, -0.15) is 0 Å². The third-order valence-corrected chi connectivity index (χ3v) is 4.13. The minimum Gasteiger partial charge on any atom is -0.396 e. The number of rotatable bonds is 6. The molecule has 0 fully saturated rings. The molecular formula is C10H17N3O3S2. The lowest BCUT2D eigenvalue weighted by atomic mass is 10.2. The van der Waals surface area contributed by atoms with Crippen LogP contribution in [0.15, 0.2) is 23.1 Å². The van der Waals surface area contributed by atoms with Crippen molar-refractivity contribution >= 4 is 32.2 Å². The first-order valence-electron chi connectivity index (χ1n) is 5.27. The van der Waals surface area contributed by atoms with Crippen LogP contribution in [0, 0.1) is 0 Å². The molecular weight excluding hydrogens is 274 g/mol. The first-order valence-corrected chi connectivity index (χ1v) is 8.55. The zero-order chi connectivity index (χ0) is 13.8. The van der Waals surface area contributed by atoms with Crippen LogP contribution in [-0.4, -0.2) is 31.2 Å². The first kappa shape index (κ1) is 14.9. The van der Waals surface area contributed by atoms with Gasteiger partial charge >= 0.3 is 0 Å². The SMILES string of the molecule is CS(=O)CCCNc1cccc(S(N)(=O)=O)c1N. The molecule has 1 rings (SSSR count). The zero-order valence-corrected chi connectivity index (χ0v) is 11.7. The van der Waals surface area contributed by atoms with E-state index in [-0.39, 0.29) is 10.6 Å². The molecule has 0 aliphatic rings. The van der Waals surface area contributed by atoms with Gasteiger partial charge in [0.2, 0.25) is 10.0 Å². The number of nitrogens with one attached hydrogen (secondary N) is 1. The summed E-state index contributed by atoms with van der Waals surface area (Å²) in [6.07, 6.45) is 2.35. The average Bonchev–Trinajstić information content (AvgIpc) is 2.24. The van der Waals surface area contributed by atoms with Gasteiger partial charge in [0.1, 0.15) is 4.90 Å². The Labute approximate surface area is 109 Å². The van der Waals surface area contributed by atoms with Crippen molar-refractivity contribution in [1.29, 1.82) is 0 Å². The van der Waals surface area contributed by atoms with Crippen LogP contribution in [-0.2, 0) is 20.8 Å². The van der Waals surface area contributed by atoms with E-state index < -0.39 is 20.8 Å². The first-order chi connectivity index (χ1) is 8.32. The summed E-state index contributed by atoms with van der Waals surface area (Å²) in [5.74, 6) is 0.585. The van der Waals surface area contributed by atoms with Crippen molar-refractivity contribution in [3.8, 4) is 0 Å². The van der Waals surface area contributed by atoms with Gasteiger partial charge in [-0.05, 0) is 18.6 Å². The Hall–Kier alpha value is -1.12. The van der Waals surface area contributed by atoms with E-state index in [4.69, 9.17) is 10.9 Å². The van der Waals surface area contributed by atoms with E-state index in [1.165, 1.54) is 6.07 Å². The Balaban J connectivity index is 2.76. The number of nitrogen functional groups attached to an aromatic ring is 1. The van der Waals surface area contributed by atoms with E-state index >= 15 is 0 Å². The summed E-state index contributed by atoms with van der Waals surface area (Å²) in [4.78, 5) is -0.0911. The molecule has 5 N–H and O–H groups in total. The molecule has 1 unspecified atom stereocenters. The second-order valence-electron chi connectivity index (χ2n) is 3.82. The highest BCUT2D eigenvalue weighted by molar-refractivity contribution is 7.89. The van der Waals surface area contributed by atoms with E-state index in [2.05, 4.69) is 5.32 Å². The maximum atomic E-state index is 11.3. The van der Waals surface area contributed by atoms with Gasteiger partial charge in [0.05, 0.1) is 11.4 Å². The van der Waals surface area contributed by atoms with Crippen LogP contribution in [0.1, 0.15) is 6.42 Å². The lowest BCUT2D eigenvalue weighted by molar-refractivity contribution is 0.598. The molecule has 0 aliphatic carbocycles. The lowest BCUT2D eigenvalue weighted by Crippen LogP contribution is -2.16. The molecule has 0 saturated heterocycles. The second-order valence-corrected chi connectivity index (χ2v) is 6.90. The van der Waals surface area contributed by atoms with Crippen molar-refractivity contribution in [3.05, 3.63) is 18.2 Å². The van der Waals surface area contributed by atoms with Crippen molar-refractivity contribution < 1.29 is 12.6 Å². The Morgan fingerprint density at radius 1 is 1.39 bits per heavy atom. The number of nitrogens with two attached hydrogens (primary N) is 2. The number of para-hydroxylation sites is 1. The van der Waals surface area contributed by atoms with E-state index in [1.54, 1.807) is 18.4 Å². The summed E-state index contributed by atoms with van der Waals surface area (Å²) in [6.45, 7) is 0.567. The van der Waals surface area contributed by atoms with Gasteiger partial charge in [-0.1, -0.05) is 6.07 Å². The summed E-state index contributed by atoms with van der Waals surface area (Å²) in [7, 11) is -4.65. The quantitative estimate of drug-likeness (QED) is 0.508. The van der Waals surface area contributed by atoms with Crippen LogP contribution < -0.4 is 16.2 Å². The Morgan fingerprint density at radius 3 is 2.61 bits per heavy atom. The third kappa shape index (κ3) is 4.28. The number of sulfonamides is 1. The maximum Gasteiger partial charge on any atom is 0.240 e. The molecule has 8 heteroatoms. The van der Waals surface area contributed by atoms with Crippen LogP contribution in [0.3, 0.4) is 0 Å². The minimum absolute atomic E-state index is 0.0911. The molecule has 1 aromatic rings. The van der Waals surface area contributed by atoms with E-state index in [1.807, 2.05) is 0 Å². The minimum atomic E-state index is -3.81. The van der Waals surface area contributed by atoms with Gasteiger partial charge in [-0.25, -0.2) is 13.6 Å². The zero-order valence-electron chi connectivity index (χ0n) is 10.0. The van der Waals surface area contributed by atoms with Crippen LogP contribution in [0.5, 0.6) is 0 Å². The van der Waals surface area contributed by atoms with Crippen LogP contribution in [0.25, 0.3) is 0 Å². The number of anilines is 2. The fourth-order valence-electron chi connectivity index (χ4n) is 1.44. The topological polar surface area (TPSA) is 115 Å². The Kier molecular flexibility index (Phi) is 5.12. The fraction of sp³-hybridized carbons (Fsp3) is 0.400. The van der Waals surface area contributed by atoms with Crippen LogP contribution in [0.4, 0.5) is 11.4 Å². The van der Waals surface area contributed by atoms with E-state index in [0.29, 0.717) is 24.4 Å². The van der Waals surface area contributed by atoms with E-state index in [0.717, 1.165) is 0 Å². The highest BCUT2D eigenvalue weighted by atomic mass is 32.2. The number of benzene rings is 1. The van der Waals surface area contributed by atoms with Gasteiger partial charge in [0.25, 0.3) is 0 Å². The third-order valence-electron chi connectivity index (χ3n) is 2.30. The number of hydrogen-bond acceptors (Lipinski definition) is 5. The normalized spacial score (nSPS) is 13.2. The molecule has 6 nitrogen and oxygen atoms in total. The Morgan fingerprint density at radius 2 is 2.06 bits per heavy atom. The van der Waals surface area contributed by atoms with Crippen molar-refractivity contribution in [2.24, 2.45) is 5.14 Å². The summed E-state index contributed by atoms with van der Waals surface area (Å²) < 4.78 is 33.4. The number of primary sulfonamides is 1. The monoisotopic (exact) mass is 291 g/mol. The fourth-order valence-corrected chi connectivity index (χ4v) is 2.68. The van der Waals surface area contributed by atoms with Crippen molar-refractivity contribution in [1.82, 2.24) is 0 Å². The van der Waals surface area contributed by atoms with Crippen LogP contribution >= 0.6 is 0 Å². The van der Waals surface area contributed by atoms with Crippen molar-refractivity contribution in [2.45, 2.75) is 11.3 Å². The van der Waals surface area contributed by atoms with Crippen molar-refractivity contribution in [2.75, 3.05) is 29.6 Å². The summed E-state index contributed by atoms with van der Waals surface area (Å²) in [5.41, 5.74) is 6.36. The predicted molar refractivity (Wildman–Crippen MR) is 74.3 cm³/mol. The van der Waals surface area contributed by atoms with Gasteiger partial charge < -0.3 is 11.1 Å². The van der Waals surface area contributed by atoms with Crippen LogP contribution in [0.2, 0.25) is 0 Å². The highest BCUT2D eigenvalue weighted by Crippen LogP contribution is 2.25. The molecule has 0 aliphatic heterocycles. The molecule has 0 bridgehead atoms. The average molecular weight is 291 g/mol. The predicted octanol–water partition coefficient (Wildman–Crippen LogP) is 0.0967.